The Morgan fingerprint density at radius 1 is 0.923 bits per heavy atom. The maximum atomic E-state index is 11.6. The third-order valence-electron chi connectivity index (χ3n) is 4.03. The Morgan fingerprint density at radius 3 is 2.46 bits per heavy atom. The third-order valence-corrected chi connectivity index (χ3v) is 4.03. The van der Waals surface area contributed by atoms with Crippen molar-refractivity contribution in [1.29, 1.82) is 0 Å². The van der Waals surface area contributed by atoms with Crippen LogP contribution in [0.4, 0.5) is 0 Å². The minimum Gasteiger partial charge on any atom is -0.496 e. The fourth-order valence-corrected chi connectivity index (χ4v) is 2.72. The molecule has 3 rings (SSSR count). The van der Waals surface area contributed by atoms with Gasteiger partial charge in [-0.05, 0) is 34.5 Å². The van der Waals surface area contributed by atoms with Gasteiger partial charge in [0.25, 0.3) is 0 Å². The summed E-state index contributed by atoms with van der Waals surface area (Å²) in [6.07, 6.45) is 1.35. The highest BCUT2D eigenvalue weighted by molar-refractivity contribution is 5.97. The van der Waals surface area contributed by atoms with Crippen LogP contribution in [0.2, 0.25) is 0 Å². The highest BCUT2D eigenvalue weighted by Crippen LogP contribution is 2.27. The van der Waals surface area contributed by atoms with Gasteiger partial charge >= 0.3 is 5.97 Å². The second kappa shape index (κ2) is 8.21. The molecule has 0 amide bonds. The Labute approximate surface area is 152 Å². The van der Waals surface area contributed by atoms with Gasteiger partial charge in [0.1, 0.15) is 18.1 Å². The number of hydrogen-bond donors (Lipinski definition) is 0. The van der Waals surface area contributed by atoms with Gasteiger partial charge in [-0.15, -0.1) is 0 Å². The van der Waals surface area contributed by atoms with E-state index in [-0.39, 0.29) is 0 Å². The molecule has 0 N–H and O–H groups in total. The Balaban J connectivity index is 1.94. The van der Waals surface area contributed by atoms with Crippen molar-refractivity contribution in [1.82, 2.24) is 0 Å². The predicted octanol–water partition coefficient (Wildman–Crippen LogP) is 4.58. The van der Waals surface area contributed by atoms with Crippen molar-refractivity contribution in [3.8, 4) is 5.75 Å². The van der Waals surface area contributed by atoms with Crippen LogP contribution in [-0.4, -0.2) is 20.2 Å². The highest BCUT2D eigenvalue weighted by Gasteiger charge is 2.10. The molecule has 0 atom stereocenters. The van der Waals surface area contributed by atoms with Crippen molar-refractivity contribution in [3.05, 3.63) is 83.9 Å². The molecule has 26 heavy (non-hydrogen) atoms. The monoisotopic (exact) mass is 348 g/mol. The average Bonchev–Trinajstić information content (AvgIpc) is 2.70. The number of rotatable bonds is 6. The summed E-state index contributed by atoms with van der Waals surface area (Å²) in [4.78, 5) is 11.6. The van der Waals surface area contributed by atoms with Crippen LogP contribution in [0.3, 0.4) is 0 Å². The summed E-state index contributed by atoms with van der Waals surface area (Å²) in [5.41, 5.74) is 1.86. The third kappa shape index (κ3) is 4.03. The van der Waals surface area contributed by atoms with Crippen LogP contribution >= 0.6 is 0 Å². The van der Waals surface area contributed by atoms with E-state index >= 15 is 0 Å². The number of carbonyl (C=O) groups is 1. The number of benzene rings is 3. The Morgan fingerprint density at radius 2 is 1.73 bits per heavy atom. The molecule has 0 saturated carbocycles. The van der Waals surface area contributed by atoms with Crippen LogP contribution < -0.4 is 4.74 Å². The first-order chi connectivity index (χ1) is 12.7. The lowest BCUT2D eigenvalue weighted by Gasteiger charge is -2.12. The molecule has 0 spiro atoms. The minimum atomic E-state index is -0.456. The summed E-state index contributed by atoms with van der Waals surface area (Å²) in [5.74, 6) is 0.829. The molecule has 4 nitrogen and oxygen atoms in total. The summed E-state index contributed by atoms with van der Waals surface area (Å²) in [5, 5.41) is 2.04. The molecular weight excluding hydrogens is 328 g/mol. The van der Waals surface area contributed by atoms with Crippen LogP contribution in [0.25, 0.3) is 16.5 Å². The fourth-order valence-electron chi connectivity index (χ4n) is 2.72. The van der Waals surface area contributed by atoms with Crippen molar-refractivity contribution in [2.75, 3.05) is 14.2 Å². The molecule has 0 fully saturated rings. The van der Waals surface area contributed by atoms with E-state index in [4.69, 9.17) is 14.2 Å². The first-order valence-electron chi connectivity index (χ1n) is 8.25. The molecule has 0 unspecified atom stereocenters. The fraction of sp³-hybridized carbons (Fsp3) is 0.136. The first-order valence-corrected chi connectivity index (χ1v) is 8.25. The van der Waals surface area contributed by atoms with Gasteiger partial charge < -0.3 is 14.2 Å². The van der Waals surface area contributed by atoms with Gasteiger partial charge in [0, 0.05) is 5.56 Å². The molecule has 0 radical (unpaired) electrons. The molecule has 0 aromatic heterocycles. The summed E-state index contributed by atoms with van der Waals surface area (Å²) >= 11 is 0. The first kappa shape index (κ1) is 17.5. The number of carbonyl (C=O) groups excluding carboxylic acids is 1. The van der Waals surface area contributed by atoms with Gasteiger partial charge in [0.15, 0.2) is 0 Å². The standard InChI is InChI=1S/C22H20O4/c1-24-21(14-22(23)25-2)19-10-6-7-17-12-11-16(13-20(17)19)15-26-18-8-4-3-5-9-18/h3-14H,15H2,1-2H3/b21-14-. The van der Waals surface area contributed by atoms with Crippen molar-refractivity contribution < 1.29 is 19.0 Å². The molecule has 0 saturated heterocycles. The van der Waals surface area contributed by atoms with Gasteiger partial charge in [-0.25, -0.2) is 4.79 Å². The highest BCUT2D eigenvalue weighted by atomic mass is 16.5. The number of esters is 1. The zero-order valence-corrected chi connectivity index (χ0v) is 14.8. The van der Waals surface area contributed by atoms with Crippen LogP contribution in [0.5, 0.6) is 5.75 Å². The second-order valence-electron chi connectivity index (χ2n) is 5.70. The second-order valence-corrected chi connectivity index (χ2v) is 5.70. The Hall–Kier alpha value is -3.27. The smallest absolute Gasteiger partial charge is 0.334 e. The maximum absolute atomic E-state index is 11.6. The van der Waals surface area contributed by atoms with Crippen LogP contribution in [0, 0.1) is 0 Å². The molecular formula is C22H20O4. The number of ether oxygens (including phenoxy) is 3. The van der Waals surface area contributed by atoms with Gasteiger partial charge in [-0.1, -0.05) is 48.5 Å². The average molecular weight is 348 g/mol. The molecule has 0 bridgehead atoms. The normalized spacial score (nSPS) is 11.2. The zero-order chi connectivity index (χ0) is 18.4. The summed E-state index contributed by atoms with van der Waals surface area (Å²) < 4.78 is 16.0. The lowest BCUT2D eigenvalue weighted by atomic mass is 10.0. The lowest BCUT2D eigenvalue weighted by Crippen LogP contribution is -2.00. The molecule has 0 heterocycles. The summed E-state index contributed by atoms with van der Waals surface area (Å²) in [7, 11) is 2.88. The Kier molecular flexibility index (Phi) is 5.54. The topological polar surface area (TPSA) is 44.8 Å². The quantitative estimate of drug-likeness (QED) is 0.372. The number of fused-ring (bicyclic) bond motifs is 1. The van der Waals surface area contributed by atoms with Gasteiger partial charge in [-0.2, -0.15) is 0 Å². The van der Waals surface area contributed by atoms with Crippen molar-refractivity contribution in [2.45, 2.75) is 6.61 Å². The number of hydrogen-bond acceptors (Lipinski definition) is 4. The summed E-state index contributed by atoms with van der Waals surface area (Å²) in [6, 6.07) is 21.7. The number of para-hydroxylation sites is 1. The van der Waals surface area contributed by atoms with E-state index < -0.39 is 5.97 Å². The molecule has 3 aromatic carbocycles. The molecule has 132 valence electrons. The van der Waals surface area contributed by atoms with E-state index in [9.17, 15) is 4.79 Å². The van der Waals surface area contributed by atoms with Crippen molar-refractivity contribution >= 4 is 22.5 Å². The maximum Gasteiger partial charge on any atom is 0.334 e. The van der Waals surface area contributed by atoms with Crippen molar-refractivity contribution in [3.63, 3.8) is 0 Å². The van der Waals surface area contributed by atoms with E-state index in [1.165, 1.54) is 20.3 Å². The van der Waals surface area contributed by atoms with E-state index in [2.05, 4.69) is 6.07 Å². The van der Waals surface area contributed by atoms with E-state index in [0.29, 0.717) is 12.4 Å². The van der Waals surface area contributed by atoms with Crippen molar-refractivity contribution in [2.24, 2.45) is 0 Å². The molecule has 3 aromatic rings. The molecule has 4 heteroatoms. The van der Waals surface area contributed by atoms with Gasteiger partial charge in [0.05, 0.1) is 20.3 Å². The van der Waals surface area contributed by atoms with Gasteiger partial charge in [0.2, 0.25) is 0 Å². The zero-order valence-electron chi connectivity index (χ0n) is 14.8. The molecule has 0 aliphatic rings. The Bertz CT molecular complexity index is 929. The SMILES string of the molecule is COC(=O)/C=C(\OC)c1cccc2ccc(COc3ccccc3)cc12. The largest absolute Gasteiger partial charge is 0.496 e. The van der Waals surface area contributed by atoms with Gasteiger partial charge in [-0.3, -0.25) is 0 Å². The molecule has 0 aliphatic heterocycles. The number of methoxy groups -OCH3 is 2. The molecule has 0 aliphatic carbocycles. The van der Waals surface area contributed by atoms with E-state index in [1.807, 2.05) is 60.7 Å². The van der Waals surface area contributed by atoms with E-state index in [0.717, 1.165) is 27.6 Å². The lowest BCUT2D eigenvalue weighted by molar-refractivity contribution is -0.134. The summed E-state index contributed by atoms with van der Waals surface area (Å²) in [6.45, 7) is 0.456. The van der Waals surface area contributed by atoms with Crippen LogP contribution in [0.1, 0.15) is 11.1 Å². The van der Waals surface area contributed by atoms with Crippen LogP contribution in [-0.2, 0) is 20.9 Å². The van der Waals surface area contributed by atoms with Crippen LogP contribution in [0.15, 0.2) is 72.8 Å². The minimum absolute atomic E-state index is 0.456. The predicted molar refractivity (Wildman–Crippen MR) is 102 cm³/mol. The van der Waals surface area contributed by atoms with E-state index in [1.54, 1.807) is 0 Å².